The molecule has 0 spiro atoms. The topological polar surface area (TPSA) is 71.8 Å². The lowest BCUT2D eigenvalue weighted by atomic mass is 9.96. The molecule has 0 aliphatic carbocycles. The first-order valence-electron chi connectivity index (χ1n) is 8.43. The van der Waals surface area contributed by atoms with Crippen LogP contribution in [0.1, 0.15) is 35.7 Å². The number of rotatable bonds is 5. The van der Waals surface area contributed by atoms with Crippen LogP contribution < -0.4 is 10.6 Å². The maximum absolute atomic E-state index is 12.3. The molecule has 0 bridgehead atoms. The van der Waals surface area contributed by atoms with E-state index in [0.29, 0.717) is 34.0 Å². The molecule has 1 aromatic heterocycles. The van der Waals surface area contributed by atoms with Crippen molar-refractivity contribution in [3.8, 4) is 5.69 Å². The SMILES string of the molecule is Cc1nc(C(=O)NCCC2CCCNC2)nn1-c1c(Cl)cccc1Cl. The third-order valence-corrected chi connectivity index (χ3v) is 4.97. The fraction of sp³-hybridized carbons (Fsp3) is 0.471. The van der Waals surface area contributed by atoms with E-state index in [4.69, 9.17) is 23.2 Å². The van der Waals surface area contributed by atoms with Gasteiger partial charge in [0.25, 0.3) is 5.91 Å². The van der Waals surface area contributed by atoms with E-state index in [2.05, 4.69) is 20.7 Å². The van der Waals surface area contributed by atoms with Gasteiger partial charge in [0.2, 0.25) is 5.82 Å². The molecule has 6 nitrogen and oxygen atoms in total. The van der Waals surface area contributed by atoms with Crippen molar-refractivity contribution in [3.05, 3.63) is 39.9 Å². The first-order chi connectivity index (χ1) is 12.1. The van der Waals surface area contributed by atoms with Crippen LogP contribution in [0.2, 0.25) is 10.0 Å². The average molecular weight is 382 g/mol. The minimum atomic E-state index is -0.284. The van der Waals surface area contributed by atoms with Crippen molar-refractivity contribution < 1.29 is 4.79 Å². The zero-order valence-corrected chi connectivity index (χ0v) is 15.6. The van der Waals surface area contributed by atoms with E-state index in [9.17, 15) is 4.79 Å². The predicted octanol–water partition coefficient (Wildman–Crippen LogP) is 3.00. The molecule has 1 fully saturated rings. The standard InChI is InChI=1S/C17H21Cl2N5O/c1-11-22-16(17(25)21-9-7-12-4-3-8-20-10-12)23-24(11)15-13(18)5-2-6-14(15)19/h2,5-6,12,20H,3-4,7-10H2,1H3,(H,21,25). The predicted molar refractivity (Wildman–Crippen MR) is 98.7 cm³/mol. The number of amides is 1. The minimum absolute atomic E-state index is 0.121. The summed E-state index contributed by atoms with van der Waals surface area (Å²) in [5, 5.41) is 11.5. The summed E-state index contributed by atoms with van der Waals surface area (Å²) >= 11 is 12.4. The Morgan fingerprint density at radius 3 is 2.84 bits per heavy atom. The van der Waals surface area contributed by atoms with Crippen LogP contribution in [0.4, 0.5) is 0 Å². The Kier molecular flexibility index (Phi) is 5.93. The van der Waals surface area contributed by atoms with Crippen LogP contribution in [0.15, 0.2) is 18.2 Å². The molecule has 2 aromatic rings. The smallest absolute Gasteiger partial charge is 0.290 e. The van der Waals surface area contributed by atoms with Gasteiger partial charge in [-0.3, -0.25) is 4.79 Å². The Labute approximate surface area is 156 Å². The molecule has 1 amide bonds. The molecule has 1 aliphatic heterocycles. The van der Waals surface area contributed by atoms with Gasteiger partial charge in [-0.15, -0.1) is 5.10 Å². The zero-order chi connectivity index (χ0) is 17.8. The molecule has 1 unspecified atom stereocenters. The van der Waals surface area contributed by atoms with Crippen LogP contribution in [-0.4, -0.2) is 40.3 Å². The normalized spacial score (nSPS) is 17.5. The van der Waals surface area contributed by atoms with Gasteiger partial charge in [0.1, 0.15) is 11.5 Å². The number of aromatic nitrogens is 3. The lowest BCUT2D eigenvalue weighted by Gasteiger charge is -2.22. The molecule has 134 valence electrons. The van der Waals surface area contributed by atoms with E-state index in [0.717, 1.165) is 19.5 Å². The Morgan fingerprint density at radius 2 is 2.16 bits per heavy atom. The summed E-state index contributed by atoms with van der Waals surface area (Å²) in [6.45, 7) is 4.49. The molecule has 0 radical (unpaired) electrons. The number of piperidine rings is 1. The second kappa shape index (κ2) is 8.17. The number of nitrogens with zero attached hydrogens (tertiary/aromatic N) is 3. The van der Waals surface area contributed by atoms with Crippen molar-refractivity contribution in [2.24, 2.45) is 5.92 Å². The molecule has 3 rings (SSSR count). The largest absolute Gasteiger partial charge is 0.349 e. The first kappa shape index (κ1) is 18.2. The van der Waals surface area contributed by atoms with E-state index in [-0.39, 0.29) is 11.7 Å². The summed E-state index contributed by atoms with van der Waals surface area (Å²) in [6, 6.07) is 5.21. The third kappa shape index (κ3) is 4.32. The molecule has 1 aromatic carbocycles. The number of nitrogens with one attached hydrogen (secondary N) is 2. The summed E-state index contributed by atoms with van der Waals surface area (Å²) in [6.07, 6.45) is 3.36. The molecule has 1 atom stereocenters. The number of hydrogen-bond acceptors (Lipinski definition) is 4. The van der Waals surface area contributed by atoms with Crippen molar-refractivity contribution in [2.75, 3.05) is 19.6 Å². The van der Waals surface area contributed by atoms with Gasteiger partial charge in [-0.1, -0.05) is 29.3 Å². The molecule has 8 heteroatoms. The van der Waals surface area contributed by atoms with Crippen molar-refractivity contribution in [1.29, 1.82) is 0 Å². The van der Waals surface area contributed by atoms with Crippen molar-refractivity contribution in [1.82, 2.24) is 25.4 Å². The van der Waals surface area contributed by atoms with Gasteiger partial charge in [0, 0.05) is 6.54 Å². The van der Waals surface area contributed by atoms with Crippen LogP contribution in [0, 0.1) is 12.8 Å². The van der Waals surface area contributed by atoms with Crippen molar-refractivity contribution >= 4 is 29.1 Å². The fourth-order valence-corrected chi connectivity index (χ4v) is 3.59. The summed E-state index contributed by atoms with van der Waals surface area (Å²) < 4.78 is 1.50. The molecular formula is C17H21Cl2N5O. The van der Waals surface area contributed by atoms with Gasteiger partial charge in [-0.05, 0) is 57.3 Å². The zero-order valence-electron chi connectivity index (χ0n) is 14.1. The van der Waals surface area contributed by atoms with Gasteiger partial charge in [0.05, 0.1) is 10.0 Å². The maximum atomic E-state index is 12.3. The second-order valence-corrected chi connectivity index (χ2v) is 7.04. The average Bonchev–Trinajstić information content (AvgIpc) is 2.97. The summed E-state index contributed by atoms with van der Waals surface area (Å²) in [7, 11) is 0. The highest BCUT2D eigenvalue weighted by atomic mass is 35.5. The molecule has 1 saturated heterocycles. The lowest BCUT2D eigenvalue weighted by Crippen LogP contribution is -2.33. The molecule has 2 N–H and O–H groups in total. The molecular weight excluding hydrogens is 361 g/mol. The Morgan fingerprint density at radius 1 is 1.40 bits per heavy atom. The molecule has 1 aliphatic rings. The first-order valence-corrected chi connectivity index (χ1v) is 9.19. The number of carbonyl (C=O) groups excluding carboxylic acids is 1. The Bertz CT molecular complexity index is 735. The highest BCUT2D eigenvalue weighted by Gasteiger charge is 2.19. The number of para-hydroxylation sites is 1. The van der Waals surface area contributed by atoms with Crippen LogP contribution in [0.5, 0.6) is 0 Å². The summed E-state index contributed by atoms with van der Waals surface area (Å²) in [5.74, 6) is 1.00. The number of carbonyl (C=O) groups is 1. The molecule has 25 heavy (non-hydrogen) atoms. The Hall–Kier alpha value is -1.63. The molecule has 2 heterocycles. The summed E-state index contributed by atoms with van der Waals surface area (Å²) in [5.41, 5.74) is 0.531. The third-order valence-electron chi connectivity index (χ3n) is 4.36. The van der Waals surface area contributed by atoms with Crippen molar-refractivity contribution in [2.45, 2.75) is 26.2 Å². The van der Waals surface area contributed by atoms with E-state index in [1.807, 2.05) is 0 Å². The van der Waals surface area contributed by atoms with Crippen LogP contribution in [0.3, 0.4) is 0 Å². The van der Waals surface area contributed by atoms with Crippen LogP contribution in [0.25, 0.3) is 5.69 Å². The highest BCUT2D eigenvalue weighted by Crippen LogP contribution is 2.28. The van der Waals surface area contributed by atoms with E-state index in [1.165, 1.54) is 17.5 Å². The summed E-state index contributed by atoms with van der Waals surface area (Å²) in [4.78, 5) is 16.6. The monoisotopic (exact) mass is 381 g/mol. The van der Waals surface area contributed by atoms with E-state index >= 15 is 0 Å². The fourth-order valence-electron chi connectivity index (χ4n) is 3.03. The maximum Gasteiger partial charge on any atom is 0.290 e. The highest BCUT2D eigenvalue weighted by molar-refractivity contribution is 6.37. The van der Waals surface area contributed by atoms with E-state index in [1.54, 1.807) is 25.1 Å². The minimum Gasteiger partial charge on any atom is -0.349 e. The van der Waals surface area contributed by atoms with Gasteiger partial charge in [-0.25, -0.2) is 9.67 Å². The van der Waals surface area contributed by atoms with Gasteiger partial charge in [0.15, 0.2) is 0 Å². The van der Waals surface area contributed by atoms with Crippen molar-refractivity contribution in [3.63, 3.8) is 0 Å². The van der Waals surface area contributed by atoms with Crippen LogP contribution in [-0.2, 0) is 0 Å². The number of hydrogen-bond donors (Lipinski definition) is 2. The molecule has 0 saturated carbocycles. The number of halogens is 2. The Balaban J connectivity index is 1.66. The second-order valence-electron chi connectivity index (χ2n) is 6.22. The quantitative estimate of drug-likeness (QED) is 0.834. The van der Waals surface area contributed by atoms with Gasteiger partial charge < -0.3 is 10.6 Å². The van der Waals surface area contributed by atoms with Gasteiger partial charge in [-0.2, -0.15) is 0 Å². The van der Waals surface area contributed by atoms with E-state index < -0.39 is 0 Å². The van der Waals surface area contributed by atoms with Gasteiger partial charge >= 0.3 is 0 Å². The number of aryl methyl sites for hydroxylation is 1. The van der Waals surface area contributed by atoms with Crippen LogP contribution >= 0.6 is 23.2 Å². The number of benzene rings is 1. The lowest BCUT2D eigenvalue weighted by molar-refractivity contribution is 0.0940.